The number of aromatic nitrogens is 3. The van der Waals surface area contributed by atoms with Crippen molar-refractivity contribution in [2.24, 2.45) is 10.9 Å². The van der Waals surface area contributed by atoms with Gasteiger partial charge in [0.2, 0.25) is 0 Å². The Morgan fingerprint density at radius 1 is 1.42 bits per heavy atom. The lowest BCUT2D eigenvalue weighted by Crippen LogP contribution is -2.40. The van der Waals surface area contributed by atoms with Gasteiger partial charge >= 0.3 is 0 Å². The Morgan fingerprint density at radius 2 is 2.31 bits per heavy atom. The minimum atomic E-state index is 0. The summed E-state index contributed by atoms with van der Waals surface area (Å²) in [5, 5.41) is 3.39. The number of halogens is 1. The Balaban J connectivity index is 0.00000243. The number of nitrogens with one attached hydrogen (secondary N) is 1. The van der Waals surface area contributed by atoms with Gasteiger partial charge in [0, 0.05) is 51.3 Å². The highest BCUT2D eigenvalue weighted by Gasteiger charge is 2.24. The number of nitrogens with zero attached hydrogens (tertiary/aromatic N) is 5. The molecule has 1 aliphatic heterocycles. The lowest BCUT2D eigenvalue weighted by Gasteiger charge is -2.21. The van der Waals surface area contributed by atoms with Crippen LogP contribution in [-0.2, 0) is 11.3 Å². The molecule has 1 aliphatic rings. The first-order chi connectivity index (χ1) is 12.3. The summed E-state index contributed by atoms with van der Waals surface area (Å²) in [5.74, 6) is 2.42. The van der Waals surface area contributed by atoms with Gasteiger partial charge in [0.15, 0.2) is 5.96 Å². The molecule has 2 aromatic heterocycles. The highest BCUT2D eigenvalue weighted by Crippen LogP contribution is 2.16. The van der Waals surface area contributed by atoms with E-state index in [9.17, 15) is 0 Å². The fraction of sp³-hybridized carbons (Fsp3) is 0.500. The van der Waals surface area contributed by atoms with Gasteiger partial charge in [0.25, 0.3) is 0 Å². The van der Waals surface area contributed by atoms with E-state index in [2.05, 4.69) is 33.2 Å². The average molecular weight is 470 g/mol. The molecule has 0 saturated carbocycles. The first-order valence-corrected chi connectivity index (χ1v) is 8.75. The quantitative estimate of drug-likeness (QED) is 0.399. The van der Waals surface area contributed by atoms with E-state index in [1.165, 1.54) is 0 Å². The van der Waals surface area contributed by atoms with Crippen LogP contribution in [0.2, 0.25) is 0 Å². The fourth-order valence-corrected chi connectivity index (χ4v) is 3.05. The van der Waals surface area contributed by atoms with E-state index >= 15 is 0 Å². The number of rotatable bonds is 6. The number of hydrogen-bond acceptors (Lipinski definition) is 4. The molecular weight excluding hydrogens is 443 g/mol. The first kappa shape index (κ1) is 20.6. The molecule has 2 aromatic rings. The molecule has 1 fully saturated rings. The minimum Gasteiger partial charge on any atom is -0.384 e. The molecule has 3 rings (SSSR count). The van der Waals surface area contributed by atoms with Gasteiger partial charge in [-0.1, -0.05) is 6.07 Å². The van der Waals surface area contributed by atoms with Crippen LogP contribution in [0.15, 0.2) is 42.0 Å². The zero-order valence-electron chi connectivity index (χ0n) is 15.3. The molecule has 8 heteroatoms. The van der Waals surface area contributed by atoms with Gasteiger partial charge in [-0.3, -0.25) is 4.57 Å². The Labute approximate surface area is 171 Å². The summed E-state index contributed by atoms with van der Waals surface area (Å²) in [6, 6.07) is 4.05. The number of aliphatic imine (C=N–C) groups is 1. The van der Waals surface area contributed by atoms with Crippen molar-refractivity contribution in [1.29, 1.82) is 0 Å². The second kappa shape index (κ2) is 10.5. The SMILES string of the molecule is CCNC(=NCc1ccc(-n2ccnc2)nc1)N1CCC(COC)C1.I. The lowest BCUT2D eigenvalue weighted by atomic mass is 10.1. The summed E-state index contributed by atoms with van der Waals surface area (Å²) in [7, 11) is 1.77. The number of pyridine rings is 1. The monoisotopic (exact) mass is 470 g/mol. The van der Waals surface area contributed by atoms with Crippen LogP contribution in [0.5, 0.6) is 0 Å². The maximum absolute atomic E-state index is 5.28. The predicted octanol–water partition coefficient (Wildman–Crippen LogP) is 2.32. The first-order valence-electron chi connectivity index (χ1n) is 8.75. The summed E-state index contributed by atoms with van der Waals surface area (Å²) < 4.78 is 7.17. The van der Waals surface area contributed by atoms with Crippen molar-refractivity contribution in [3.63, 3.8) is 0 Å². The molecule has 7 nitrogen and oxygen atoms in total. The van der Waals surface area contributed by atoms with E-state index in [1.54, 1.807) is 19.6 Å². The molecule has 142 valence electrons. The number of imidazole rings is 1. The number of ether oxygens (including phenoxy) is 1. The van der Waals surface area contributed by atoms with Crippen LogP contribution in [0, 0.1) is 5.92 Å². The molecule has 0 aliphatic carbocycles. The molecule has 0 radical (unpaired) electrons. The summed E-state index contributed by atoms with van der Waals surface area (Å²) in [6.07, 6.45) is 8.40. The van der Waals surface area contributed by atoms with Crippen molar-refractivity contribution in [3.05, 3.63) is 42.6 Å². The van der Waals surface area contributed by atoms with Crippen LogP contribution < -0.4 is 5.32 Å². The number of guanidine groups is 1. The predicted molar refractivity (Wildman–Crippen MR) is 113 cm³/mol. The second-order valence-electron chi connectivity index (χ2n) is 6.22. The van der Waals surface area contributed by atoms with Crippen LogP contribution >= 0.6 is 24.0 Å². The molecule has 1 N–H and O–H groups in total. The van der Waals surface area contributed by atoms with Crippen LogP contribution in [0.25, 0.3) is 5.82 Å². The van der Waals surface area contributed by atoms with Gasteiger partial charge in [-0.05, 0) is 25.0 Å². The van der Waals surface area contributed by atoms with E-state index < -0.39 is 0 Å². The van der Waals surface area contributed by atoms with Gasteiger partial charge in [0.1, 0.15) is 12.1 Å². The molecule has 1 unspecified atom stereocenters. The fourth-order valence-electron chi connectivity index (χ4n) is 3.05. The molecule has 1 saturated heterocycles. The highest BCUT2D eigenvalue weighted by molar-refractivity contribution is 14.0. The van der Waals surface area contributed by atoms with Crippen molar-refractivity contribution in [2.45, 2.75) is 19.9 Å². The van der Waals surface area contributed by atoms with Crippen LogP contribution in [0.4, 0.5) is 0 Å². The highest BCUT2D eigenvalue weighted by atomic mass is 127. The Morgan fingerprint density at radius 3 is 2.96 bits per heavy atom. The third kappa shape index (κ3) is 5.41. The van der Waals surface area contributed by atoms with Crippen molar-refractivity contribution in [2.75, 3.05) is 33.4 Å². The Hall–Kier alpha value is -1.68. The molecule has 3 heterocycles. The van der Waals surface area contributed by atoms with E-state index in [-0.39, 0.29) is 24.0 Å². The van der Waals surface area contributed by atoms with E-state index in [0.717, 1.165) is 50.0 Å². The zero-order chi connectivity index (χ0) is 17.5. The van der Waals surface area contributed by atoms with Crippen molar-refractivity contribution in [1.82, 2.24) is 24.8 Å². The van der Waals surface area contributed by atoms with Crippen molar-refractivity contribution in [3.8, 4) is 5.82 Å². The Kier molecular flexibility index (Phi) is 8.30. The van der Waals surface area contributed by atoms with Crippen LogP contribution in [0.3, 0.4) is 0 Å². The summed E-state index contributed by atoms with van der Waals surface area (Å²) in [4.78, 5) is 15.6. The van der Waals surface area contributed by atoms with Crippen molar-refractivity contribution >= 4 is 29.9 Å². The van der Waals surface area contributed by atoms with Gasteiger partial charge in [-0.25, -0.2) is 15.0 Å². The standard InChI is InChI=1S/C18H26N6O.HI/c1-3-20-18(23-8-6-16(12-23)13-25-2)22-11-15-4-5-17(21-10-15)24-9-7-19-14-24;/h4-5,7,9-10,14,16H,3,6,8,11-13H2,1-2H3,(H,20,22);1H. The van der Waals surface area contributed by atoms with Crippen LogP contribution in [-0.4, -0.2) is 58.7 Å². The normalized spacial score (nSPS) is 17.2. The van der Waals surface area contributed by atoms with Gasteiger partial charge in [0.05, 0.1) is 13.2 Å². The van der Waals surface area contributed by atoms with Crippen LogP contribution in [0.1, 0.15) is 18.9 Å². The summed E-state index contributed by atoms with van der Waals surface area (Å²) in [6.45, 7) is 6.41. The zero-order valence-corrected chi connectivity index (χ0v) is 17.7. The maximum Gasteiger partial charge on any atom is 0.194 e. The Bertz CT molecular complexity index is 673. The van der Waals surface area contributed by atoms with Gasteiger partial charge in [-0.2, -0.15) is 0 Å². The number of hydrogen-bond donors (Lipinski definition) is 1. The largest absolute Gasteiger partial charge is 0.384 e. The van der Waals surface area contributed by atoms with Crippen molar-refractivity contribution < 1.29 is 4.74 Å². The second-order valence-corrected chi connectivity index (χ2v) is 6.22. The molecule has 0 bridgehead atoms. The third-order valence-electron chi connectivity index (χ3n) is 4.31. The minimum absolute atomic E-state index is 0. The maximum atomic E-state index is 5.28. The number of methoxy groups -OCH3 is 1. The topological polar surface area (TPSA) is 67.6 Å². The van der Waals surface area contributed by atoms with E-state index in [1.807, 2.05) is 23.0 Å². The lowest BCUT2D eigenvalue weighted by molar-refractivity contribution is 0.157. The summed E-state index contributed by atoms with van der Waals surface area (Å²) >= 11 is 0. The van der Waals surface area contributed by atoms with E-state index in [0.29, 0.717) is 12.5 Å². The molecular formula is C18H27IN6O. The smallest absolute Gasteiger partial charge is 0.194 e. The molecule has 1 atom stereocenters. The molecule has 0 spiro atoms. The average Bonchev–Trinajstić information content (AvgIpc) is 3.31. The summed E-state index contributed by atoms with van der Waals surface area (Å²) in [5.41, 5.74) is 1.09. The van der Waals surface area contributed by atoms with Gasteiger partial charge < -0.3 is 15.0 Å². The molecule has 0 aromatic carbocycles. The van der Waals surface area contributed by atoms with Gasteiger partial charge in [-0.15, -0.1) is 24.0 Å². The third-order valence-corrected chi connectivity index (χ3v) is 4.31. The van der Waals surface area contributed by atoms with E-state index in [4.69, 9.17) is 9.73 Å². The molecule has 0 amide bonds. The number of likely N-dealkylation sites (tertiary alicyclic amines) is 1. The molecule has 26 heavy (non-hydrogen) atoms.